The number of nitrogens with zero attached hydrogens (tertiary/aromatic N) is 2. The number of carbonyl (C=O) groups excluding carboxylic acids is 2. The lowest BCUT2D eigenvalue weighted by molar-refractivity contribution is -0.150. The van der Waals surface area contributed by atoms with E-state index in [1.54, 1.807) is 12.0 Å². The highest BCUT2D eigenvalue weighted by molar-refractivity contribution is 5.87. The van der Waals surface area contributed by atoms with Gasteiger partial charge in [-0.2, -0.15) is 0 Å². The molecule has 2 aliphatic rings. The second kappa shape index (κ2) is 5.46. The summed E-state index contributed by atoms with van der Waals surface area (Å²) in [4.78, 5) is 27.0. The lowest BCUT2D eigenvalue weighted by Gasteiger charge is -2.43. The predicted octanol–water partition coefficient (Wildman–Crippen LogP) is -1.33. The molecule has 2 rings (SSSR count). The molecule has 0 aromatic rings. The molecule has 6 heteroatoms. The van der Waals surface area contributed by atoms with Crippen LogP contribution in [-0.4, -0.2) is 74.1 Å². The largest absolute Gasteiger partial charge is 0.385 e. The lowest BCUT2D eigenvalue weighted by Crippen LogP contribution is -2.65. The molecule has 0 bridgehead atoms. The first-order valence-electron chi connectivity index (χ1n) is 5.99. The summed E-state index contributed by atoms with van der Waals surface area (Å²) in [5.41, 5.74) is 0. The van der Waals surface area contributed by atoms with Gasteiger partial charge in [-0.3, -0.25) is 9.59 Å². The van der Waals surface area contributed by atoms with Gasteiger partial charge in [-0.05, 0) is 6.42 Å². The minimum atomic E-state index is 0.0335. The van der Waals surface area contributed by atoms with Crippen LogP contribution in [-0.2, 0) is 14.3 Å². The van der Waals surface area contributed by atoms with Crippen LogP contribution in [0.15, 0.2) is 0 Å². The average Bonchev–Trinajstić information content (AvgIpc) is 2.31. The molecule has 2 amide bonds. The highest BCUT2D eigenvalue weighted by Gasteiger charge is 2.36. The van der Waals surface area contributed by atoms with Gasteiger partial charge in [0.05, 0.1) is 12.6 Å². The van der Waals surface area contributed by atoms with Gasteiger partial charge in [-0.15, -0.1) is 0 Å². The molecule has 17 heavy (non-hydrogen) atoms. The van der Waals surface area contributed by atoms with Gasteiger partial charge >= 0.3 is 0 Å². The Morgan fingerprint density at radius 2 is 2.24 bits per heavy atom. The van der Waals surface area contributed by atoms with Gasteiger partial charge in [-0.1, -0.05) is 0 Å². The Balaban J connectivity index is 1.90. The van der Waals surface area contributed by atoms with E-state index >= 15 is 0 Å². The fourth-order valence-corrected chi connectivity index (χ4v) is 2.36. The minimum absolute atomic E-state index is 0.0335. The molecule has 1 unspecified atom stereocenters. The highest BCUT2D eigenvalue weighted by Crippen LogP contribution is 2.13. The summed E-state index contributed by atoms with van der Waals surface area (Å²) in [7, 11) is 1.66. The van der Waals surface area contributed by atoms with E-state index in [2.05, 4.69) is 5.32 Å². The molecule has 1 N–H and O–H groups in total. The molecule has 0 spiro atoms. The maximum atomic E-state index is 11.9. The number of piperazine rings is 2. The molecule has 2 fully saturated rings. The van der Waals surface area contributed by atoms with E-state index < -0.39 is 0 Å². The van der Waals surface area contributed by atoms with Crippen molar-refractivity contribution in [3.63, 3.8) is 0 Å². The molecule has 0 aromatic heterocycles. The summed E-state index contributed by atoms with van der Waals surface area (Å²) in [5, 5.41) is 3.08. The van der Waals surface area contributed by atoms with E-state index in [1.165, 1.54) is 0 Å². The maximum absolute atomic E-state index is 11.9. The van der Waals surface area contributed by atoms with Gasteiger partial charge in [-0.25, -0.2) is 0 Å². The molecule has 2 aliphatic heterocycles. The maximum Gasteiger partial charge on any atom is 0.242 e. The highest BCUT2D eigenvalue weighted by atomic mass is 16.5. The second-order valence-corrected chi connectivity index (χ2v) is 4.49. The monoisotopic (exact) mass is 241 g/mol. The summed E-state index contributed by atoms with van der Waals surface area (Å²) in [5.74, 6) is 0.0822. The Morgan fingerprint density at radius 3 is 3.00 bits per heavy atom. The van der Waals surface area contributed by atoms with Crippen LogP contribution in [0, 0.1) is 0 Å². The molecule has 0 aliphatic carbocycles. The lowest BCUT2D eigenvalue weighted by atomic mass is 10.1. The number of nitrogens with one attached hydrogen (secondary N) is 1. The number of hydrogen-bond acceptors (Lipinski definition) is 4. The molecular formula is C11H19N3O3. The van der Waals surface area contributed by atoms with Crippen LogP contribution in [0.2, 0.25) is 0 Å². The van der Waals surface area contributed by atoms with Crippen LogP contribution < -0.4 is 5.32 Å². The first-order chi connectivity index (χ1) is 8.22. The Bertz CT molecular complexity index is 308. The summed E-state index contributed by atoms with van der Waals surface area (Å²) in [6.45, 7) is 3.38. The SMILES string of the molecule is COCCCN1CC2CNCC(=O)N2CC1=O. The fourth-order valence-electron chi connectivity index (χ4n) is 2.36. The predicted molar refractivity (Wildman–Crippen MR) is 61.4 cm³/mol. The van der Waals surface area contributed by atoms with Crippen LogP contribution in [0.1, 0.15) is 6.42 Å². The topological polar surface area (TPSA) is 61.9 Å². The first-order valence-corrected chi connectivity index (χ1v) is 5.99. The molecule has 0 radical (unpaired) electrons. The number of rotatable bonds is 4. The standard InChI is InChI=1S/C11H19N3O3/c1-17-4-2-3-13-7-9-5-12-6-10(15)14(9)8-11(13)16/h9,12H,2-8H2,1H3. The quantitative estimate of drug-likeness (QED) is 0.619. The van der Waals surface area contributed by atoms with Gasteiger partial charge in [0.15, 0.2) is 0 Å². The third kappa shape index (κ3) is 2.76. The Morgan fingerprint density at radius 1 is 1.41 bits per heavy atom. The van der Waals surface area contributed by atoms with Crippen LogP contribution >= 0.6 is 0 Å². The summed E-state index contributed by atoms with van der Waals surface area (Å²) >= 11 is 0. The number of amides is 2. The normalized spacial score (nSPS) is 25.1. The number of methoxy groups -OCH3 is 1. The fraction of sp³-hybridized carbons (Fsp3) is 0.818. The van der Waals surface area contributed by atoms with E-state index in [9.17, 15) is 9.59 Å². The molecule has 0 saturated carbocycles. The Hall–Kier alpha value is -1.14. The number of hydrogen-bond donors (Lipinski definition) is 1. The van der Waals surface area contributed by atoms with E-state index in [0.717, 1.165) is 13.0 Å². The van der Waals surface area contributed by atoms with E-state index in [0.29, 0.717) is 26.2 Å². The van der Waals surface area contributed by atoms with E-state index in [-0.39, 0.29) is 24.4 Å². The zero-order chi connectivity index (χ0) is 12.3. The van der Waals surface area contributed by atoms with E-state index in [1.807, 2.05) is 4.90 Å². The van der Waals surface area contributed by atoms with Crippen LogP contribution in [0.5, 0.6) is 0 Å². The zero-order valence-corrected chi connectivity index (χ0v) is 10.1. The first kappa shape index (κ1) is 12.3. The Kier molecular flexibility index (Phi) is 3.96. The molecule has 6 nitrogen and oxygen atoms in total. The Labute approximate surface area is 101 Å². The number of fused-ring (bicyclic) bond motifs is 1. The smallest absolute Gasteiger partial charge is 0.242 e. The van der Waals surface area contributed by atoms with E-state index in [4.69, 9.17) is 4.74 Å². The summed E-state index contributed by atoms with van der Waals surface area (Å²) < 4.78 is 4.98. The van der Waals surface area contributed by atoms with Crippen LogP contribution in [0.25, 0.3) is 0 Å². The van der Waals surface area contributed by atoms with Gasteiger partial charge in [0, 0.05) is 33.4 Å². The van der Waals surface area contributed by atoms with Crippen molar-refractivity contribution < 1.29 is 14.3 Å². The van der Waals surface area contributed by atoms with Crippen molar-refractivity contribution in [2.24, 2.45) is 0 Å². The number of ether oxygens (including phenoxy) is 1. The van der Waals surface area contributed by atoms with Crippen molar-refractivity contribution in [1.82, 2.24) is 15.1 Å². The average molecular weight is 241 g/mol. The molecule has 1 atom stereocenters. The zero-order valence-electron chi connectivity index (χ0n) is 10.1. The van der Waals surface area contributed by atoms with Crippen molar-refractivity contribution in [2.45, 2.75) is 12.5 Å². The molecule has 0 aromatic carbocycles. The van der Waals surface area contributed by atoms with Crippen molar-refractivity contribution >= 4 is 11.8 Å². The molecular weight excluding hydrogens is 222 g/mol. The molecule has 96 valence electrons. The van der Waals surface area contributed by atoms with Crippen LogP contribution in [0.4, 0.5) is 0 Å². The summed E-state index contributed by atoms with van der Waals surface area (Å²) in [6, 6.07) is 0.136. The van der Waals surface area contributed by atoms with Crippen molar-refractivity contribution in [3.05, 3.63) is 0 Å². The van der Waals surface area contributed by atoms with Gasteiger partial charge in [0.1, 0.15) is 6.54 Å². The second-order valence-electron chi connectivity index (χ2n) is 4.49. The van der Waals surface area contributed by atoms with Gasteiger partial charge < -0.3 is 19.9 Å². The molecule has 2 saturated heterocycles. The number of carbonyl (C=O) groups is 2. The third-order valence-corrected chi connectivity index (χ3v) is 3.28. The molecule has 2 heterocycles. The van der Waals surface area contributed by atoms with Gasteiger partial charge in [0.2, 0.25) is 11.8 Å². The van der Waals surface area contributed by atoms with Crippen molar-refractivity contribution in [1.29, 1.82) is 0 Å². The minimum Gasteiger partial charge on any atom is -0.385 e. The summed E-state index contributed by atoms with van der Waals surface area (Å²) in [6.07, 6.45) is 0.844. The third-order valence-electron chi connectivity index (χ3n) is 3.28. The van der Waals surface area contributed by atoms with Crippen molar-refractivity contribution in [3.8, 4) is 0 Å². The van der Waals surface area contributed by atoms with Crippen molar-refractivity contribution in [2.75, 3.05) is 46.4 Å². The van der Waals surface area contributed by atoms with Gasteiger partial charge in [0.25, 0.3) is 0 Å². The van der Waals surface area contributed by atoms with Crippen LogP contribution in [0.3, 0.4) is 0 Å².